The molecule has 0 fully saturated rings. The van der Waals surface area contributed by atoms with E-state index in [1.54, 1.807) is 0 Å². The van der Waals surface area contributed by atoms with Gasteiger partial charge in [-0.15, -0.1) is 0 Å². The molecule has 0 bridgehead atoms. The first-order valence-corrected chi connectivity index (χ1v) is 19.7. The molecule has 1 heterocycles. The number of nitrogens with zero attached hydrogens (tertiary/aromatic N) is 3. The molecule has 1 aromatic heterocycles. The Labute approximate surface area is 336 Å². The van der Waals surface area contributed by atoms with E-state index in [2.05, 4.69) is 200 Å². The number of fused-ring (bicyclic) bond motifs is 5. The van der Waals surface area contributed by atoms with Crippen molar-refractivity contribution in [3.8, 4) is 67.5 Å². The molecule has 0 saturated heterocycles. The highest BCUT2D eigenvalue weighted by molar-refractivity contribution is 6.28. The zero-order valence-electron chi connectivity index (χ0n) is 31.5. The first-order valence-electron chi connectivity index (χ1n) is 19.7. The first-order chi connectivity index (χ1) is 28.8. The molecular weight excluding hydrogens is 703 g/mol. The number of aromatic nitrogens is 3. The van der Waals surface area contributed by atoms with Gasteiger partial charge in [0.05, 0.1) is 0 Å². The predicted molar refractivity (Wildman–Crippen MR) is 242 cm³/mol. The van der Waals surface area contributed by atoms with Crippen LogP contribution in [0.2, 0.25) is 0 Å². The molecule has 0 spiro atoms. The van der Waals surface area contributed by atoms with Crippen molar-refractivity contribution in [3.63, 3.8) is 0 Å². The van der Waals surface area contributed by atoms with Gasteiger partial charge >= 0.3 is 0 Å². The topological polar surface area (TPSA) is 38.7 Å². The van der Waals surface area contributed by atoms with Crippen LogP contribution in [-0.4, -0.2) is 15.0 Å². The van der Waals surface area contributed by atoms with E-state index in [4.69, 9.17) is 15.0 Å². The summed E-state index contributed by atoms with van der Waals surface area (Å²) < 4.78 is 0. The average Bonchev–Trinajstić information content (AvgIpc) is 3.31. The van der Waals surface area contributed by atoms with Crippen molar-refractivity contribution in [2.75, 3.05) is 0 Å². The second-order valence-corrected chi connectivity index (χ2v) is 14.7. The fraction of sp³-hybridized carbons (Fsp3) is 0. The molecule has 0 radical (unpaired) electrons. The van der Waals surface area contributed by atoms with E-state index in [1.807, 2.05) is 12.1 Å². The van der Waals surface area contributed by atoms with Gasteiger partial charge in [0.25, 0.3) is 0 Å². The Bertz CT molecular complexity index is 3310. The standard InChI is InChI=1S/C55H35N3/c1-3-16-36(17-4-1)37-30-32-41(33-31-37)53-56-54(48-28-14-11-24-43(48)38-18-5-2-6-19-38)58-55(57-53)52-47-27-13-12-26-46(47)50(45-29-15-22-39-20-7-9-23-42(39)45)49-35-34-40-21-8-10-25-44(40)51(49)52/h1-35H. The van der Waals surface area contributed by atoms with Crippen LogP contribution >= 0.6 is 0 Å². The molecule has 0 atom stereocenters. The van der Waals surface area contributed by atoms with Gasteiger partial charge in [0.2, 0.25) is 0 Å². The quantitative estimate of drug-likeness (QED) is 0.126. The monoisotopic (exact) mass is 737 g/mol. The highest BCUT2D eigenvalue weighted by Gasteiger charge is 2.23. The summed E-state index contributed by atoms with van der Waals surface area (Å²) in [5.74, 6) is 1.89. The lowest BCUT2D eigenvalue weighted by atomic mass is 9.84. The minimum atomic E-state index is 0.623. The van der Waals surface area contributed by atoms with Gasteiger partial charge in [-0.05, 0) is 71.1 Å². The van der Waals surface area contributed by atoms with Crippen LogP contribution in [0.25, 0.3) is 111 Å². The largest absolute Gasteiger partial charge is 0.208 e. The number of benzene rings is 10. The van der Waals surface area contributed by atoms with Crippen LogP contribution in [0.1, 0.15) is 0 Å². The SMILES string of the molecule is c1ccc(-c2ccc(-c3nc(-c4ccccc4-c4ccccc4)nc(-c4c5ccccc5c(-c5cccc6ccccc56)c5ccc6ccccc6c45)n3)cc2)cc1. The average molecular weight is 738 g/mol. The molecule has 0 aliphatic carbocycles. The second-order valence-electron chi connectivity index (χ2n) is 14.7. The van der Waals surface area contributed by atoms with Gasteiger partial charge in [0, 0.05) is 22.1 Å². The summed E-state index contributed by atoms with van der Waals surface area (Å²) in [5, 5.41) is 9.27. The third-order valence-electron chi connectivity index (χ3n) is 11.3. The van der Waals surface area contributed by atoms with Crippen molar-refractivity contribution in [2.45, 2.75) is 0 Å². The molecule has 0 saturated carbocycles. The van der Waals surface area contributed by atoms with Crippen LogP contribution in [0.15, 0.2) is 212 Å². The van der Waals surface area contributed by atoms with E-state index in [9.17, 15) is 0 Å². The van der Waals surface area contributed by atoms with E-state index in [-0.39, 0.29) is 0 Å². The predicted octanol–water partition coefficient (Wildman–Crippen LogP) is 14.5. The van der Waals surface area contributed by atoms with Gasteiger partial charge in [-0.1, -0.05) is 212 Å². The summed E-state index contributed by atoms with van der Waals surface area (Å²) in [4.78, 5) is 16.2. The van der Waals surface area contributed by atoms with E-state index in [0.29, 0.717) is 17.5 Å². The van der Waals surface area contributed by atoms with Gasteiger partial charge in [-0.3, -0.25) is 0 Å². The Kier molecular flexibility index (Phi) is 8.15. The molecule has 3 nitrogen and oxygen atoms in total. The van der Waals surface area contributed by atoms with Crippen molar-refractivity contribution in [1.29, 1.82) is 0 Å². The molecule has 11 aromatic rings. The van der Waals surface area contributed by atoms with Crippen LogP contribution in [0, 0.1) is 0 Å². The Morgan fingerprint density at radius 1 is 0.224 bits per heavy atom. The van der Waals surface area contributed by atoms with Crippen molar-refractivity contribution in [1.82, 2.24) is 15.0 Å². The van der Waals surface area contributed by atoms with Crippen molar-refractivity contribution in [2.24, 2.45) is 0 Å². The highest BCUT2D eigenvalue weighted by atomic mass is 15.0. The lowest BCUT2D eigenvalue weighted by molar-refractivity contribution is 1.08. The Hall–Kier alpha value is -7.75. The molecular formula is C55H35N3. The van der Waals surface area contributed by atoms with Crippen LogP contribution in [-0.2, 0) is 0 Å². The second kappa shape index (κ2) is 14.1. The van der Waals surface area contributed by atoms with Crippen molar-refractivity contribution < 1.29 is 0 Å². The lowest BCUT2D eigenvalue weighted by Gasteiger charge is -2.20. The zero-order chi connectivity index (χ0) is 38.4. The maximum absolute atomic E-state index is 5.49. The lowest BCUT2D eigenvalue weighted by Crippen LogP contribution is -2.02. The maximum Gasteiger partial charge on any atom is 0.165 e. The summed E-state index contributed by atoms with van der Waals surface area (Å²) in [6.07, 6.45) is 0. The number of rotatable bonds is 6. The van der Waals surface area contributed by atoms with E-state index in [0.717, 1.165) is 65.7 Å². The molecule has 270 valence electrons. The third-order valence-corrected chi connectivity index (χ3v) is 11.3. The minimum Gasteiger partial charge on any atom is -0.208 e. The van der Waals surface area contributed by atoms with Gasteiger partial charge in [0.1, 0.15) is 0 Å². The molecule has 0 N–H and O–H groups in total. The molecule has 58 heavy (non-hydrogen) atoms. The summed E-state index contributed by atoms with van der Waals surface area (Å²) >= 11 is 0. The third kappa shape index (κ3) is 5.72. The minimum absolute atomic E-state index is 0.623. The summed E-state index contributed by atoms with van der Waals surface area (Å²) in [6, 6.07) is 75.2. The zero-order valence-corrected chi connectivity index (χ0v) is 31.5. The molecule has 10 aromatic carbocycles. The fourth-order valence-corrected chi connectivity index (χ4v) is 8.64. The van der Waals surface area contributed by atoms with Crippen LogP contribution in [0.5, 0.6) is 0 Å². The Balaban J connectivity index is 1.25. The molecule has 0 aliphatic rings. The highest BCUT2D eigenvalue weighted by Crippen LogP contribution is 2.47. The normalized spacial score (nSPS) is 11.4. The van der Waals surface area contributed by atoms with E-state index in [1.165, 1.54) is 27.5 Å². The molecule has 11 rings (SSSR count). The van der Waals surface area contributed by atoms with Crippen molar-refractivity contribution in [3.05, 3.63) is 212 Å². The van der Waals surface area contributed by atoms with Gasteiger partial charge < -0.3 is 0 Å². The maximum atomic E-state index is 5.49. The number of hydrogen-bond donors (Lipinski definition) is 0. The molecule has 3 heteroatoms. The first kappa shape index (κ1) is 33.6. The molecule has 0 unspecified atom stereocenters. The van der Waals surface area contributed by atoms with Gasteiger partial charge in [0.15, 0.2) is 17.5 Å². The Morgan fingerprint density at radius 3 is 1.45 bits per heavy atom. The van der Waals surface area contributed by atoms with Crippen LogP contribution in [0.3, 0.4) is 0 Å². The van der Waals surface area contributed by atoms with Gasteiger partial charge in [-0.25, -0.2) is 15.0 Å². The summed E-state index contributed by atoms with van der Waals surface area (Å²) in [5.41, 5.74) is 9.75. The van der Waals surface area contributed by atoms with Crippen molar-refractivity contribution >= 4 is 43.1 Å². The smallest absolute Gasteiger partial charge is 0.165 e. The summed E-state index contributed by atoms with van der Waals surface area (Å²) in [7, 11) is 0. The molecule has 0 amide bonds. The van der Waals surface area contributed by atoms with Gasteiger partial charge in [-0.2, -0.15) is 0 Å². The van der Waals surface area contributed by atoms with E-state index < -0.39 is 0 Å². The number of hydrogen-bond acceptors (Lipinski definition) is 3. The van der Waals surface area contributed by atoms with Crippen LogP contribution in [0.4, 0.5) is 0 Å². The van der Waals surface area contributed by atoms with Crippen LogP contribution < -0.4 is 0 Å². The summed E-state index contributed by atoms with van der Waals surface area (Å²) in [6.45, 7) is 0. The molecule has 0 aliphatic heterocycles. The Morgan fingerprint density at radius 2 is 0.707 bits per heavy atom. The van der Waals surface area contributed by atoms with E-state index >= 15 is 0 Å². The fourth-order valence-electron chi connectivity index (χ4n) is 8.64.